The minimum atomic E-state index is -4.70. The zero-order valence-corrected chi connectivity index (χ0v) is 18.2. The molecule has 0 unspecified atom stereocenters. The standard InChI is InChI=1S/C24H18F3N5O3/c1-35-20-10-7-16(8-11-20)23-17(15-31(30-23)19-5-3-2-4-6-19)14-28-29-21-12-9-18(24(25,26)27)13-22(21)32(33)34/h2-15,29H,1H3. The monoisotopic (exact) mass is 481 g/mol. The number of rotatable bonds is 7. The third-order valence-electron chi connectivity index (χ3n) is 5.04. The van der Waals surface area contributed by atoms with Crippen molar-refractivity contribution in [1.82, 2.24) is 9.78 Å². The summed E-state index contributed by atoms with van der Waals surface area (Å²) in [7, 11) is 1.56. The van der Waals surface area contributed by atoms with E-state index in [0.717, 1.165) is 23.4 Å². The zero-order chi connectivity index (χ0) is 25.0. The molecule has 35 heavy (non-hydrogen) atoms. The molecule has 178 valence electrons. The SMILES string of the molecule is COc1ccc(-c2nn(-c3ccccc3)cc2C=NNc2ccc(C(F)(F)F)cc2[N+](=O)[O-])cc1. The molecule has 0 saturated heterocycles. The summed E-state index contributed by atoms with van der Waals surface area (Å²) in [5, 5.41) is 20.0. The molecule has 1 aromatic heterocycles. The summed E-state index contributed by atoms with van der Waals surface area (Å²) >= 11 is 0. The number of anilines is 1. The predicted molar refractivity (Wildman–Crippen MR) is 125 cm³/mol. The molecular weight excluding hydrogens is 463 g/mol. The van der Waals surface area contributed by atoms with Crippen LogP contribution in [0, 0.1) is 10.1 Å². The number of aromatic nitrogens is 2. The van der Waals surface area contributed by atoms with Gasteiger partial charge in [0.25, 0.3) is 5.69 Å². The molecule has 1 heterocycles. The number of nitro groups is 1. The summed E-state index contributed by atoms with van der Waals surface area (Å²) in [6.45, 7) is 0. The molecule has 0 aliphatic heterocycles. The third kappa shape index (κ3) is 5.29. The van der Waals surface area contributed by atoms with E-state index in [4.69, 9.17) is 4.74 Å². The Bertz CT molecular complexity index is 1370. The first-order valence-corrected chi connectivity index (χ1v) is 10.2. The molecule has 0 amide bonds. The van der Waals surface area contributed by atoms with E-state index in [2.05, 4.69) is 15.6 Å². The van der Waals surface area contributed by atoms with Crippen LogP contribution in [0.4, 0.5) is 24.5 Å². The average molecular weight is 481 g/mol. The van der Waals surface area contributed by atoms with Crippen molar-refractivity contribution >= 4 is 17.6 Å². The van der Waals surface area contributed by atoms with Gasteiger partial charge in [0, 0.05) is 23.4 Å². The van der Waals surface area contributed by atoms with Gasteiger partial charge in [-0.3, -0.25) is 15.5 Å². The van der Waals surface area contributed by atoms with Gasteiger partial charge >= 0.3 is 6.18 Å². The summed E-state index contributed by atoms with van der Waals surface area (Å²) in [5.74, 6) is 0.669. The van der Waals surface area contributed by atoms with E-state index in [1.807, 2.05) is 42.5 Å². The van der Waals surface area contributed by atoms with Crippen LogP contribution in [0.1, 0.15) is 11.1 Å². The van der Waals surface area contributed by atoms with Crippen molar-refractivity contribution in [3.05, 3.63) is 100 Å². The van der Waals surface area contributed by atoms with Gasteiger partial charge in [-0.1, -0.05) is 18.2 Å². The number of halogens is 3. The number of hydrazone groups is 1. The highest BCUT2D eigenvalue weighted by Crippen LogP contribution is 2.35. The molecule has 0 aliphatic rings. The lowest BCUT2D eigenvalue weighted by molar-refractivity contribution is -0.384. The predicted octanol–water partition coefficient (Wildman–Crippen LogP) is 5.92. The van der Waals surface area contributed by atoms with Crippen molar-refractivity contribution in [2.45, 2.75) is 6.18 Å². The van der Waals surface area contributed by atoms with Gasteiger partial charge < -0.3 is 4.74 Å². The fourth-order valence-electron chi connectivity index (χ4n) is 3.29. The van der Waals surface area contributed by atoms with Crippen molar-refractivity contribution in [3.63, 3.8) is 0 Å². The molecule has 11 heteroatoms. The number of nitro benzene ring substituents is 1. The summed E-state index contributed by atoms with van der Waals surface area (Å²) in [6, 6.07) is 18.7. The Labute approximate surface area is 197 Å². The maximum absolute atomic E-state index is 12.9. The van der Waals surface area contributed by atoms with Crippen LogP contribution < -0.4 is 10.2 Å². The van der Waals surface area contributed by atoms with Gasteiger partial charge in [0.2, 0.25) is 0 Å². The number of hydrogen-bond donors (Lipinski definition) is 1. The van der Waals surface area contributed by atoms with Crippen molar-refractivity contribution in [1.29, 1.82) is 0 Å². The minimum Gasteiger partial charge on any atom is -0.497 e. The highest BCUT2D eigenvalue weighted by Gasteiger charge is 2.33. The lowest BCUT2D eigenvalue weighted by atomic mass is 10.1. The number of nitrogens with zero attached hydrogens (tertiary/aromatic N) is 4. The lowest BCUT2D eigenvalue weighted by Gasteiger charge is -2.08. The van der Waals surface area contributed by atoms with E-state index in [1.54, 1.807) is 30.1 Å². The Morgan fingerprint density at radius 3 is 2.43 bits per heavy atom. The van der Waals surface area contributed by atoms with Gasteiger partial charge in [0.05, 0.1) is 29.5 Å². The fraction of sp³-hybridized carbons (Fsp3) is 0.0833. The van der Waals surface area contributed by atoms with Crippen molar-refractivity contribution in [3.8, 4) is 22.7 Å². The Kier molecular flexibility index (Phi) is 6.49. The molecule has 0 saturated carbocycles. The largest absolute Gasteiger partial charge is 0.497 e. The van der Waals surface area contributed by atoms with E-state index in [1.165, 1.54) is 6.21 Å². The van der Waals surface area contributed by atoms with Gasteiger partial charge in [-0.2, -0.15) is 23.4 Å². The Balaban J connectivity index is 1.68. The van der Waals surface area contributed by atoms with E-state index in [-0.39, 0.29) is 5.69 Å². The van der Waals surface area contributed by atoms with Gasteiger partial charge in [-0.15, -0.1) is 0 Å². The van der Waals surface area contributed by atoms with E-state index < -0.39 is 22.4 Å². The van der Waals surface area contributed by atoms with Crippen LogP contribution in [0.15, 0.2) is 84.1 Å². The number of alkyl halides is 3. The van der Waals surface area contributed by atoms with Crippen LogP contribution in [-0.2, 0) is 6.18 Å². The summed E-state index contributed by atoms with van der Waals surface area (Å²) in [6.07, 6.45) is -1.58. The molecule has 0 atom stereocenters. The molecule has 0 fully saturated rings. The Morgan fingerprint density at radius 1 is 1.09 bits per heavy atom. The van der Waals surface area contributed by atoms with Gasteiger partial charge in [-0.05, 0) is 48.5 Å². The van der Waals surface area contributed by atoms with Gasteiger partial charge in [-0.25, -0.2) is 4.68 Å². The summed E-state index contributed by atoms with van der Waals surface area (Å²) in [5.41, 5.74) is 3.14. The molecule has 3 aromatic carbocycles. The van der Waals surface area contributed by atoms with Crippen molar-refractivity contribution in [2.24, 2.45) is 5.10 Å². The average Bonchev–Trinajstić information content (AvgIpc) is 3.28. The van der Waals surface area contributed by atoms with Crippen LogP contribution in [-0.4, -0.2) is 28.0 Å². The maximum atomic E-state index is 12.9. The Hall–Kier alpha value is -4.67. The maximum Gasteiger partial charge on any atom is 0.416 e. The topological polar surface area (TPSA) is 94.6 Å². The van der Waals surface area contributed by atoms with Gasteiger partial charge in [0.15, 0.2) is 0 Å². The van der Waals surface area contributed by atoms with Crippen LogP contribution in [0.2, 0.25) is 0 Å². The summed E-state index contributed by atoms with van der Waals surface area (Å²) in [4.78, 5) is 10.4. The van der Waals surface area contributed by atoms with E-state index in [0.29, 0.717) is 23.1 Å². The first-order valence-electron chi connectivity index (χ1n) is 10.2. The molecule has 1 N–H and O–H groups in total. The van der Waals surface area contributed by atoms with Crippen LogP contribution in [0.5, 0.6) is 5.75 Å². The minimum absolute atomic E-state index is 0.180. The number of para-hydroxylation sites is 1. The summed E-state index contributed by atoms with van der Waals surface area (Å²) < 4.78 is 45.7. The first-order chi connectivity index (χ1) is 16.8. The molecule has 0 aliphatic carbocycles. The smallest absolute Gasteiger partial charge is 0.416 e. The second-order valence-corrected chi connectivity index (χ2v) is 7.30. The second-order valence-electron chi connectivity index (χ2n) is 7.30. The van der Waals surface area contributed by atoms with Crippen LogP contribution >= 0.6 is 0 Å². The van der Waals surface area contributed by atoms with E-state index in [9.17, 15) is 23.3 Å². The van der Waals surface area contributed by atoms with Gasteiger partial charge in [0.1, 0.15) is 17.1 Å². The van der Waals surface area contributed by atoms with Crippen LogP contribution in [0.3, 0.4) is 0 Å². The first kappa shape index (κ1) is 23.5. The zero-order valence-electron chi connectivity index (χ0n) is 18.2. The molecule has 0 bridgehead atoms. The Morgan fingerprint density at radius 2 is 1.80 bits per heavy atom. The molecule has 0 radical (unpaired) electrons. The quantitative estimate of drug-likeness (QED) is 0.201. The number of nitrogens with one attached hydrogen (secondary N) is 1. The third-order valence-corrected chi connectivity index (χ3v) is 5.04. The highest BCUT2D eigenvalue weighted by molar-refractivity contribution is 5.89. The van der Waals surface area contributed by atoms with E-state index >= 15 is 0 Å². The highest BCUT2D eigenvalue weighted by atomic mass is 19.4. The molecule has 4 aromatic rings. The molecule has 8 nitrogen and oxygen atoms in total. The number of ether oxygens (including phenoxy) is 1. The number of hydrogen-bond acceptors (Lipinski definition) is 6. The second kappa shape index (κ2) is 9.67. The fourth-order valence-corrected chi connectivity index (χ4v) is 3.29. The normalized spacial score (nSPS) is 11.5. The van der Waals surface area contributed by atoms with Crippen molar-refractivity contribution < 1.29 is 22.8 Å². The van der Waals surface area contributed by atoms with Crippen LogP contribution in [0.25, 0.3) is 16.9 Å². The molecule has 0 spiro atoms. The molecule has 4 rings (SSSR count). The number of methoxy groups -OCH3 is 1. The molecular formula is C24H18F3N5O3. The number of benzene rings is 3. The lowest BCUT2D eigenvalue weighted by Crippen LogP contribution is -2.06. The van der Waals surface area contributed by atoms with Crippen molar-refractivity contribution in [2.75, 3.05) is 12.5 Å².